The highest BCUT2D eigenvalue weighted by atomic mass is 16.6. The topological polar surface area (TPSA) is 65.4 Å². The zero-order valence-corrected chi connectivity index (χ0v) is 17.3. The van der Waals surface area contributed by atoms with E-state index in [9.17, 15) is 10.1 Å². The summed E-state index contributed by atoms with van der Waals surface area (Å²) in [4.78, 5) is 14.0. The Labute approximate surface area is 167 Å². The molecule has 2 rings (SSSR count). The van der Waals surface area contributed by atoms with E-state index in [-0.39, 0.29) is 6.04 Å². The van der Waals surface area contributed by atoms with Crippen molar-refractivity contribution in [3.8, 4) is 17.2 Å². The summed E-state index contributed by atoms with van der Waals surface area (Å²) in [6, 6.07) is 18.2. The minimum absolute atomic E-state index is 0.159. The van der Waals surface area contributed by atoms with Gasteiger partial charge in [0.05, 0.1) is 11.6 Å². The number of ether oxygens (including phenoxy) is 1. The van der Waals surface area contributed by atoms with Crippen LogP contribution in [0.25, 0.3) is 11.1 Å². The SMILES string of the molecule is CC(CNC(=O)OC(C)(C)C)N(C)Cc1ccc(-c2ccccc2C#N)cc1. The molecular formula is C23H29N3O2. The number of nitrogens with one attached hydrogen (secondary N) is 1. The molecule has 5 nitrogen and oxygen atoms in total. The molecule has 0 radical (unpaired) electrons. The zero-order chi connectivity index (χ0) is 20.7. The molecule has 148 valence electrons. The second kappa shape index (κ2) is 9.38. The Morgan fingerprint density at radius 2 is 1.82 bits per heavy atom. The van der Waals surface area contributed by atoms with Gasteiger partial charge in [-0.3, -0.25) is 4.90 Å². The van der Waals surface area contributed by atoms with E-state index in [0.29, 0.717) is 12.1 Å². The van der Waals surface area contributed by atoms with Crippen molar-refractivity contribution in [1.29, 1.82) is 5.26 Å². The van der Waals surface area contributed by atoms with Crippen LogP contribution in [0.5, 0.6) is 0 Å². The van der Waals surface area contributed by atoms with E-state index in [1.165, 1.54) is 5.56 Å². The highest BCUT2D eigenvalue weighted by molar-refractivity contribution is 5.70. The number of rotatable bonds is 6. The summed E-state index contributed by atoms with van der Waals surface area (Å²) in [5.74, 6) is 0. The van der Waals surface area contributed by atoms with Crippen LogP contribution in [0.1, 0.15) is 38.8 Å². The van der Waals surface area contributed by atoms with Crippen molar-refractivity contribution in [3.63, 3.8) is 0 Å². The molecule has 0 bridgehead atoms. The van der Waals surface area contributed by atoms with E-state index in [1.807, 2.05) is 64.2 Å². The van der Waals surface area contributed by atoms with Gasteiger partial charge in [0.25, 0.3) is 0 Å². The molecule has 28 heavy (non-hydrogen) atoms. The lowest BCUT2D eigenvalue weighted by molar-refractivity contribution is 0.0512. The van der Waals surface area contributed by atoms with Gasteiger partial charge in [-0.05, 0) is 57.5 Å². The Morgan fingerprint density at radius 3 is 2.43 bits per heavy atom. The maximum atomic E-state index is 11.8. The van der Waals surface area contributed by atoms with Crippen molar-refractivity contribution in [3.05, 3.63) is 59.7 Å². The summed E-state index contributed by atoms with van der Waals surface area (Å²) in [5, 5.41) is 12.1. The van der Waals surface area contributed by atoms with Gasteiger partial charge in [-0.2, -0.15) is 5.26 Å². The molecule has 2 aromatic rings. The third-order valence-electron chi connectivity index (χ3n) is 4.44. The number of likely N-dealkylation sites (N-methyl/N-ethyl adjacent to an activating group) is 1. The van der Waals surface area contributed by atoms with E-state index >= 15 is 0 Å². The average Bonchev–Trinajstić information content (AvgIpc) is 2.65. The lowest BCUT2D eigenvalue weighted by Gasteiger charge is -2.26. The molecule has 1 amide bonds. The summed E-state index contributed by atoms with van der Waals surface area (Å²) < 4.78 is 5.27. The normalized spacial score (nSPS) is 12.3. The molecule has 0 fully saturated rings. The fourth-order valence-corrected chi connectivity index (χ4v) is 2.77. The van der Waals surface area contributed by atoms with Gasteiger partial charge in [0.1, 0.15) is 5.60 Å². The number of hydrogen-bond donors (Lipinski definition) is 1. The zero-order valence-electron chi connectivity index (χ0n) is 17.3. The van der Waals surface area contributed by atoms with Gasteiger partial charge in [0.2, 0.25) is 0 Å². The molecule has 0 spiro atoms. The predicted octanol–water partition coefficient (Wildman–Crippen LogP) is 4.57. The van der Waals surface area contributed by atoms with Crippen molar-refractivity contribution >= 4 is 6.09 Å². The fraction of sp³-hybridized carbons (Fsp3) is 0.391. The average molecular weight is 380 g/mol. The van der Waals surface area contributed by atoms with Gasteiger partial charge in [-0.1, -0.05) is 42.5 Å². The molecule has 0 aliphatic carbocycles. The second-order valence-electron chi connectivity index (χ2n) is 8.00. The molecule has 1 atom stereocenters. The Balaban J connectivity index is 1.92. The number of hydrogen-bond acceptors (Lipinski definition) is 4. The van der Waals surface area contributed by atoms with Crippen LogP contribution >= 0.6 is 0 Å². The number of nitrogens with zero attached hydrogens (tertiary/aromatic N) is 2. The third-order valence-corrected chi connectivity index (χ3v) is 4.44. The summed E-state index contributed by atoms with van der Waals surface area (Å²) >= 11 is 0. The van der Waals surface area contributed by atoms with Gasteiger partial charge in [0.15, 0.2) is 0 Å². The van der Waals surface area contributed by atoms with Gasteiger partial charge in [-0.15, -0.1) is 0 Å². The highest BCUT2D eigenvalue weighted by Crippen LogP contribution is 2.23. The lowest BCUT2D eigenvalue weighted by Crippen LogP contribution is -2.41. The molecule has 0 aliphatic rings. The Kier molecular flexibility index (Phi) is 7.19. The molecule has 0 saturated carbocycles. The Hall–Kier alpha value is -2.84. The molecule has 2 aromatic carbocycles. The molecular weight excluding hydrogens is 350 g/mol. The fourth-order valence-electron chi connectivity index (χ4n) is 2.77. The van der Waals surface area contributed by atoms with Crippen LogP contribution in [0.15, 0.2) is 48.5 Å². The molecule has 1 unspecified atom stereocenters. The van der Waals surface area contributed by atoms with Crippen LogP contribution in [0.2, 0.25) is 0 Å². The third kappa shape index (κ3) is 6.40. The number of nitriles is 1. The first kappa shape index (κ1) is 21.5. The van der Waals surface area contributed by atoms with Gasteiger partial charge in [0, 0.05) is 19.1 Å². The van der Waals surface area contributed by atoms with Crippen LogP contribution in [0.4, 0.5) is 4.79 Å². The van der Waals surface area contributed by atoms with Crippen LogP contribution in [-0.4, -0.2) is 36.2 Å². The smallest absolute Gasteiger partial charge is 0.407 e. The maximum Gasteiger partial charge on any atom is 0.407 e. The maximum absolute atomic E-state index is 11.8. The van der Waals surface area contributed by atoms with E-state index < -0.39 is 11.7 Å². The summed E-state index contributed by atoms with van der Waals surface area (Å²) in [5.41, 5.74) is 3.33. The minimum atomic E-state index is -0.495. The number of carbonyl (C=O) groups excluding carboxylic acids is 1. The van der Waals surface area contributed by atoms with Crippen LogP contribution < -0.4 is 5.32 Å². The molecule has 1 N–H and O–H groups in total. The molecule has 0 aliphatic heterocycles. The number of amides is 1. The van der Waals surface area contributed by atoms with Gasteiger partial charge >= 0.3 is 6.09 Å². The first-order chi connectivity index (χ1) is 13.2. The van der Waals surface area contributed by atoms with Crippen molar-refractivity contribution in [1.82, 2.24) is 10.2 Å². The summed E-state index contributed by atoms with van der Waals surface area (Å²) in [6.45, 7) is 8.88. The Morgan fingerprint density at radius 1 is 1.18 bits per heavy atom. The van der Waals surface area contributed by atoms with Crippen LogP contribution in [0.3, 0.4) is 0 Å². The van der Waals surface area contributed by atoms with Crippen LogP contribution in [-0.2, 0) is 11.3 Å². The second-order valence-corrected chi connectivity index (χ2v) is 8.00. The lowest BCUT2D eigenvalue weighted by atomic mass is 9.99. The summed E-state index contributed by atoms with van der Waals surface area (Å²) in [7, 11) is 2.03. The minimum Gasteiger partial charge on any atom is -0.444 e. The molecule has 5 heteroatoms. The van der Waals surface area contributed by atoms with E-state index in [0.717, 1.165) is 17.7 Å². The van der Waals surface area contributed by atoms with Crippen LogP contribution in [0, 0.1) is 11.3 Å². The Bertz CT molecular complexity index is 832. The standard InChI is InChI=1S/C23H29N3O2/c1-17(15-25-22(27)28-23(2,3)4)26(5)16-18-10-12-19(13-11-18)21-9-7-6-8-20(21)14-24/h6-13,17H,15-16H2,1-5H3,(H,25,27). The van der Waals surface area contributed by atoms with Gasteiger partial charge < -0.3 is 10.1 Å². The predicted molar refractivity (Wildman–Crippen MR) is 112 cm³/mol. The van der Waals surface area contributed by atoms with Gasteiger partial charge in [-0.25, -0.2) is 4.79 Å². The van der Waals surface area contributed by atoms with E-state index in [2.05, 4.69) is 35.3 Å². The number of benzene rings is 2. The molecule has 0 saturated heterocycles. The van der Waals surface area contributed by atoms with Crippen molar-refractivity contribution in [2.75, 3.05) is 13.6 Å². The number of carbonyl (C=O) groups is 1. The monoisotopic (exact) mass is 379 g/mol. The van der Waals surface area contributed by atoms with Crippen molar-refractivity contribution in [2.24, 2.45) is 0 Å². The quantitative estimate of drug-likeness (QED) is 0.798. The number of alkyl carbamates (subject to hydrolysis) is 1. The molecule has 0 aromatic heterocycles. The van der Waals surface area contributed by atoms with Crippen molar-refractivity contribution < 1.29 is 9.53 Å². The largest absolute Gasteiger partial charge is 0.444 e. The molecule has 0 heterocycles. The van der Waals surface area contributed by atoms with Crippen molar-refractivity contribution in [2.45, 2.75) is 45.9 Å². The van der Waals surface area contributed by atoms with E-state index in [4.69, 9.17) is 4.74 Å². The first-order valence-corrected chi connectivity index (χ1v) is 9.45. The first-order valence-electron chi connectivity index (χ1n) is 9.45. The van der Waals surface area contributed by atoms with E-state index in [1.54, 1.807) is 0 Å². The summed E-state index contributed by atoms with van der Waals surface area (Å²) in [6.07, 6.45) is -0.395. The highest BCUT2D eigenvalue weighted by Gasteiger charge is 2.17.